The van der Waals surface area contributed by atoms with E-state index in [4.69, 9.17) is 0 Å². The van der Waals surface area contributed by atoms with Crippen molar-refractivity contribution in [1.29, 1.82) is 0 Å². The van der Waals surface area contributed by atoms with Gasteiger partial charge in [-0.25, -0.2) is 8.78 Å². The molecule has 0 bridgehead atoms. The highest BCUT2D eigenvalue weighted by Crippen LogP contribution is 2.22. The van der Waals surface area contributed by atoms with Gasteiger partial charge in [0.05, 0.1) is 6.10 Å². The first-order valence-corrected chi connectivity index (χ1v) is 6.77. The van der Waals surface area contributed by atoms with Crippen molar-refractivity contribution in [2.75, 3.05) is 13.6 Å². The molecule has 0 aliphatic carbocycles. The monoisotopic (exact) mass is 292 g/mol. The second kappa shape index (κ2) is 7.24. The number of benzene rings is 1. The third-order valence-corrected chi connectivity index (χ3v) is 3.33. The fourth-order valence-corrected chi connectivity index (χ4v) is 2.15. The Hall–Kier alpha value is -1.85. The van der Waals surface area contributed by atoms with Gasteiger partial charge in [0.15, 0.2) is 11.6 Å². The zero-order valence-corrected chi connectivity index (χ0v) is 11.8. The fraction of sp³-hybridized carbons (Fsp3) is 0.312. The molecule has 0 saturated carbocycles. The Labute approximate surface area is 122 Å². The smallest absolute Gasteiger partial charge is 0.164 e. The van der Waals surface area contributed by atoms with E-state index in [1.807, 2.05) is 24.1 Å². The molecule has 0 saturated heterocycles. The van der Waals surface area contributed by atoms with Crippen LogP contribution in [0.15, 0.2) is 42.7 Å². The summed E-state index contributed by atoms with van der Waals surface area (Å²) in [4.78, 5) is 5.96. The van der Waals surface area contributed by atoms with Crippen molar-refractivity contribution in [1.82, 2.24) is 9.88 Å². The molecule has 0 spiro atoms. The number of pyridine rings is 1. The van der Waals surface area contributed by atoms with E-state index in [0.29, 0.717) is 19.5 Å². The van der Waals surface area contributed by atoms with Gasteiger partial charge in [-0.2, -0.15) is 0 Å². The second-order valence-corrected chi connectivity index (χ2v) is 5.04. The SMILES string of the molecule is CN(CCC(O)c1cccc(F)c1F)Cc1ccncc1. The summed E-state index contributed by atoms with van der Waals surface area (Å²) in [6, 6.07) is 7.68. The predicted molar refractivity (Wildman–Crippen MR) is 76.5 cm³/mol. The number of hydrogen-bond donors (Lipinski definition) is 1. The highest BCUT2D eigenvalue weighted by Gasteiger charge is 2.16. The summed E-state index contributed by atoms with van der Waals surface area (Å²) in [5.74, 6) is -1.90. The minimum absolute atomic E-state index is 0.00677. The van der Waals surface area contributed by atoms with E-state index in [2.05, 4.69) is 4.98 Å². The Balaban J connectivity index is 1.89. The number of halogens is 2. The summed E-state index contributed by atoms with van der Waals surface area (Å²) < 4.78 is 26.7. The molecule has 2 aromatic rings. The molecule has 1 unspecified atom stereocenters. The van der Waals surface area contributed by atoms with E-state index in [-0.39, 0.29) is 5.56 Å². The Bertz CT molecular complexity index is 578. The van der Waals surface area contributed by atoms with Crippen molar-refractivity contribution >= 4 is 0 Å². The third-order valence-electron chi connectivity index (χ3n) is 3.33. The molecule has 1 atom stereocenters. The largest absolute Gasteiger partial charge is 0.388 e. The molecule has 1 heterocycles. The summed E-state index contributed by atoms with van der Waals surface area (Å²) in [5.41, 5.74) is 1.12. The first kappa shape index (κ1) is 15.5. The Morgan fingerprint density at radius 1 is 1.19 bits per heavy atom. The van der Waals surface area contributed by atoms with Crippen LogP contribution in [-0.4, -0.2) is 28.6 Å². The van der Waals surface area contributed by atoms with E-state index >= 15 is 0 Å². The first-order chi connectivity index (χ1) is 10.1. The summed E-state index contributed by atoms with van der Waals surface area (Å²) in [5, 5.41) is 10.00. The molecule has 21 heavy (non-hydrogen) atoms. The van der Waals surface area contributed by atoms with Crippen molar-refractivity contribution in [2.24, 2.45) is 0 Å². The molecular weight excluding hydrogens is 274 g/mol. The van der Waals surface area contributed by atoms with Gasteiger partial charge in [-0.15, -0.1) is 0 Å². The predicted octanol–water partition coefficient (Wildman–Crippen LogP) is 2.92. The van der Waals surface area contributed by atoms with Gasteiger partial charge in [0, 0.05) is 31.0 Å². The summed E-state index contributed by atoms with van der Waals surface area (Å²) in [6.45, 7) is 1.28. The Morgan fingerprint density at radius 3 is 2.62 bits per heavy atom. The van der Waals surface area contributed by atoms with E-state index in [9.17, 15) is 13.9 Å². The molecule has 1 aromatic heterocycles. The number of hydrogen-bond acceptors (Lipinski definition) is 3. The van der Waals surface area contributed by atoms with Crippen LogP contribution >= 0.6 is 0 Å². The average Bonchev–Trinajstić information content (AvgIpc) is 2.48. The van der Waals surface area contributed by atoms with Gasteiger partial charge in [0.25, 0.3) is 0 Å². The van der Waals surface area contributed by atoms with Gasteiger partial charge in [0.1, 0.15) is 0 Å². The summed E-state index contributed by atoms with van der Waals surface area (Å²) >= 11 is 0. The lowest BCUT2D eigenvalue weighted by molar-refractivity contribution is 0.143. The number of aromatic nitrogens is 1. The van der Waals surface area contributed by atoms with E-state index in [1.165, 1.54) is 12.1 Å². The molecule has 5 heteroatoms. The topological polar surface area (TPSA) is 36.4 Å². The molecule has 112 valence electrons. The van der Waals surface area contributed by atoms with Crippen LogP contribution in [-0.2, 0) is 6.54 Å². The zero-order chi connectivity index (χ0) is 15.2. The molecule has 3 nitrogen and oxygen atoms in total. The molecule has 0 fully saturated rings. The number of rotatable bonds is 6. The zero-order valence-electron chi connectivity index (χ0n) is 11.8. The minimum Gasteiger partial charge on any atom is -0.388 e. The molecule has 1 aromatic carbocycles. The molecule has 0 amide bonds. The maximum absolute atomic E-state index is 13.6. The van der Waals surface area contributed by atoms with Crippen LogP contribution in [0.3, 0.4) is 0 Å². The van der Waals surface area contributed by atoms with Gasteiger partial charge in [-0.05, 0) is 37.2 Å². The van der Waals surface area contributed by atoms with Crippen LogP contribution in [0, 0.1) is 11.6 Å². The van der Waals surface area contributed by atoms with Gasteiger partial charge in [-0.3, -0.25) is 4.98 Å². The number of aliphatic hydroxyl groups excluding tert-OH is 1. The first-order valence-electron chi connectivity index (χ1n) is 6.77. The summed E-state index contributed by atoms with van der Waals surface area (Å²) in [7, 11) is 1.91. The third kappa shape index (κ3) is 4.31. The number of aliphatic hydroxyl groups is 1. The fourth-order valence-electron chi connectivity index (χ4n) is 2.15. The molecular formula is C16H18F2N2O. The number of nitrogens with zero attached hydrogens (tertiary/aromatic N) is 2. The van der Waals surface area contributed by atoms with Gasteiger partial charge in [-0.1, -0.05) is 12.1 Å². The highest BCUT2D eigenvalue weighted by molar-refractivity contribution is 5.21. The molecule has 0 aliphatic heterocycles. The maximum atomic E-state index is 13.6. The van der Waals surface area contributed by atoms with Gasteiger partial charge < -0.3 is 10.0 Å². The van der Waals surface area contributed by atoms with Crippen LogP contribution in [0.25, 0.3) is 0 Å². The van der Waals surface area contributed by atoms with Crippen LogP contribution in [0.1, 0.15) is 23.7 Å². The van der Waals surface area contributed by atoms with E-state index < -0.39 is 17.7 Å². The van der Waals surface area contributed by atoms with Gasteiger partial charge >= 0.3 is 0 Å². The molecule has 2 rings (SSSR count). The van der Waals surface area contributed by atoms with Crippen LogP contribution in [0.5, 0.6) is 0 Å². The molecule has 0 aliphatic rings. The minimum atomic E-state index is -1.01. The highest BCUT2D eigenvalue weighted by atomic mass is 19.2. The quantitative estimate of drug-likeness (QED) is 0.889. The van der Waals surface area contributed by atoms with Crippen molar-refractivity contribution < 1.29 is 13.9 Å². The van der Waals surface area contributed by atoms with Crippen molar-refractivity contribution in [3.8, 4) is 0 Å². The maximum Gasteiger partial charge on any atom is 0.164 e. The van der Waals surface area contributed by atoms with Crippen LogP contribution in [0.4, 0.5) is 8.78 Å². The molecule has 1 N–H and O–H groups in total. The second-order valence-electron chi connectivity index (χ2n) is 5.04. The van der Waals surface area contributed by atoms with Crippen molar-refractivity contribution in [3.63, 3.8) is 0 Å². The van der Waals surface area contributed by atoms with Crippen LogP contribution in [0.2, 0.25) is 0 Å². The van der Waals surface area contributed by atoms with E-state index in [0.717, 1.165) is 11.6 Å². The van der Waals surface area contributed by atoms with Crippen LogP contribution < -0.4 is 0 Å². The molecule has 0 radical (unpaired) electrons. The van der Waals surface area contributed by atoms with Crippen molar-refractivity contribution in [3.05, 3.63) is 65.5 Å². The lowest BCUT2D eigenvalue weighted by Crippen LogP contribution is -2.21. The van der Waals surface area contributed by atoms with Crippen molar-refractivity contribution in [2.45, 2.75) is 19.1 Å². The Morgan fingerprint density at radius 2 is 1.90 bits per heavy atom. The van der Waals surface area contributed by atoms with E-state index in [1.54, 1.807) is 12.4 Å². The lowest BCUT2D eigenvalue weighted by Gasteiger charge is -2.19. The normalized spacial score (nSPS) is 12.6. The van der Waals surface area contributed by atoms with Gasteiger partial charge in [0.2, 0.25) is 0 Å². The summed E-state index contributed by atoms with van der Waals surface area (Å²) in [6.07, 6.45) is 2.77. The standard InChI is InChI=1S/C16H18F2N2O/c1-20(11-12-5-8-19-9-6-12)10-7-15(21)13-3-2-4-14(17)16(13)18/h2-6,8-9,15,21H,7,10-11H2,1H3. The lowest BCUT2D eigenvalue weighted by atomic mass is 10.1. The average molecular weight is 292 g/mol. The Kier molecular flexibility index (Phi) is 5.36.